The minimum atomic E-state index is 0.0216. The summed E-state index contributed by atoms with van der Waals surface area (Å²) in [6, 6.07) is 4.85. The molecule has 1 saturated heterocycles. The fraction of sp³-hybridized carbons (Fsp3) is 0.533. The van der Waals surface area contributed by atoms with E-state index in [4.69, 9.17) is 5.11 Å². The zero-order valence-corrected chi connectivity index (χ0v) is 11.9. The van der Waals surface area contributed by atoms with E-state index < -0.39 is 0 Å². The second-order valence-corrected chi connectivity index (χ2v) is 5.21. The third-order valence-electron chi connectivity index (χ3n) is 3.73. The van der Waals surface area contributed by atoms with Gasteiger partial charge in [0.25, 0.3) is 5.91 Å². The monoisotopic (exact) mass is 278 g/mol. The Bertz CT molecular complexity index is 476. The van der Waals surface area contributed by atoms with Crippen LogP contribution in [0.5, 0.6) is 5.75 Å². The summed E-state index contributed by atoms with van der Waals surface area (Å²) in [4.78, 5) is 16.6. The number of aliphatic hydroxyl groups is 1. The largest absolute Gasteiger partial charge is 0.508 e. The van der Waals surface area contributed by atoms with Gasteiger partial charge in [0, 0.05) is 31.7 Å². The average molecular weight is 278 g/mol. The molecule has 0 aromatic heterocycles. The van der Waals surface area contributed by atoms with Gasteiger partial charge in [-0.15, -0.1) is 0 Å². The average Bonchev–Trinajstić information content (AvgIpc) is 2.64. The first-order chi connectivity index (χ1) is 9.61. The van der Waals surface area contributed by atoms with Crippen LogP contribution in [0.1, 0.15) is 22.3 Å². The molecule has 1 aliphatic heterocycles. The maximum Gasteiger partial charge on any atom is 0.254 e. The standard InChI is InChI=1S/C15H22N2O3/c1-12-11-13(19)3-4-14(12)15(20)17-6-2-5-16(7-8-17)9-10-18/h3-4,11,18-19H,2,5-10H2,1H3. The van der Waals surface area contributed by atoms with Crippen LogP contribution in [-0.4, -0.2) is 65.3 Å². The van der Waals surface area contributed by atoms with Gasteiger partial charge in [-0.1, -0.05) is 0 Å². The Morgan fingerprint density at radius 3 is 2.75 bits per heavy atom. The number of aryl methyl sites for hydroxylation is 1. The number of phenolic OH excluding ortho intramolecular Hbond substituents is 1. The Kier molecular flexibility index (Phi) is 4.98. The number of carbonyl (C=O) groups excluding carboxylic acids is 1. The Morgan fingerprint density at radius 2 is 2.05 bits per heavy atom. The molecule has 2 rings (SSSR count). The summed E-state index contributed by atoms with van der Waals surface area (Å²) in [7, 11) is 0. The smallest absolute Gasteiger partial charge is 0.254 e. The number of hydrogen-bond acceptors (Lipinski definition) is 4. The number of nitrogens with zero attached hydrogens (tertiary/aromatic N) is 2. The number of hydrogen-bond donors (Lipinski definition) is 2. The molecule has 1 aliphatic rings. The van der Waals surface area contributed by atoms with Crippen molar-refractivity contribution in [2.45, 2.75) is 13.3 Å². The van der Waals surface area contributed by atoms with E-state index in [0.717, 1.165) is 31.6 Å². The highest BCUT2D eigenvalue weighted by atomic mass is 16.3. The second kappa shape index (κ2) is 6.72. The molecule has 0 saturated carbocycles. The number of amides is 1. The van der Waals surface area contributed by atoms with E-state index in [1.807, 2.05) is 11.8 Å². The van der Waals surface area contributed by atoms with Crippen molar-refractivity contribution in [3.05, 3.63) is 29.3 Å². The predicted octanol–water partition coefficient (Wildman–Crippen LogP) is 0.841. The highest BCUT2D eigenvalue weighted by Gasteiger charge is 2.21. The zero-order chi connectivity index (χ0) is 14.5. The third kappa shape index (κ3) is 3.49. The Balaban J connectivity index is 2.05. The molecule has 0 atom stereocenters. The van der Waals surface area contributed by atoms with Crippen LogP contribution in [-0.2, 0) is 0 Å². The van der Waals surface area contributed by atoms with E-state index in [9.17, 15) is 9.90 Å². The van der Waals surface area contributed by atoms with Crippen molar-refractivity contribution < 1.29 is 15.0 Å². The number of carbonyl (C=O) groups is 1. The molecule has 5 nitrogen and oxygen atoms in total. The summed E-state index contributed by atoms with van der Waals surface area (Å²) < 4.78 is 0. The lowest BCUT2D eigenvalue weighted by Gasteiger charge is -2.22. The minimum absolute atomic E-state index is 0.0216. The SMILES string of the molecule is Cc1cc(O)ccc1C(=O)N1CCCN(CCO)CC1. The molecule has 1 amide bonds. The number of phenols is 1. The van der Waals surface area contributed by atoms with Crippen molar-refractivity contribution in [2.24, 2.45) is 0 Å². The summed E-state index contributed by atoms with van der Waals surface area (Å²) in [5, 5.41) is 18.4. The first-order valence-corrected chi connectivity index (χ1v) is 7.04. The summed E-state index contributed by atoms with van der Waals surface area (Å²) in [6.45, 7) is 5.79. The van der Waals surface area contributed by atoms with E-state index >= 15 is 0 Å². The minimum Gasteiger partial charge on any atom is -0.508 e. The molecular formula is C15H22N2O3. The van der Waals surface area contributed by atoms with Crippen LogP contribution in [0.4, 0.5) is 0 Å². The molecule has 5 heteroatoms. The molecule has 0 bridgehead atoms. The topological polar surface area (TPSA) is 64.0 Å². The molecular weight excluding hydrogens is 256 g/mol. The van der Waals surface area contributed by atoms with E-state index in [1.165, 1.54) is 0 Å². The summed E-state index contributed by atoms with van der Waals surface area (Å²) in [6.07, 6.45) is 0.920. The lowest BCUT2D eigenvalue weighted by molar-refractivity contribution is 0.0760. The summed E-state index contributed by atoms with van der Waals surface area (Å²) in [5.74, 6) is 0.206. The summed E-state index contributed by atoms with van der Waals surface area (Å²) >= 11 is 0. The lowest BCUT2D eigenvalue weighted by atomic mass is 10.1. The molecule has 0 unspecified atom stereocenters. The number of aliphatic hydroxyl groups excluding tert-OH is 1. The van der Waals surface area contributed by atoms with Gasteiger partial charge >= 0.3 is 0 Å². The number of β-amino-alcohol motifs (C(OH)–C–C–N with tert-alkyl or cyclic N) is 1. The summed E-state index contributed by atoms with van der Waals surface area (Å²) in [5.41, 5.74) is 1.45. The Hall–Kier alpha value is -1.59. The van der Waals surface area contributed by atoms with Crippen molar-refractivity contribution in [3.8, 4) is 5.75 Å². The Morgan fingerprint density at radius 1 is 1.25 bits per heavy atom. The fourth-order valence-corrected chi connectivity index (χ4v) is 2.60. The van der Waals surface area contributed by atoms with Gasteiger partial charge in [0.15, 0.2) is 0 Å². The molecule has 1 fully saturated rings. The van der Waals surface area contributed by atoms with Crippen LogP contribution >= 0.6 is 0 Å². The van der Waals surface area contributed by atoms with Gasteiger partial charge in [0.1, 0.15) is 5.75 Å². The van der Waals surface area contributed by atoms with E-state index in [1.54, 1.807) is 18.2 Å². The van der Waals surface area contributed by atoms with Gasteiger partial charge in [0.05, 0.1) is 6.61 Å². The molecule has 0 spiro atoms. The van der Waals surface area contributed by atoms with Crippen LogP contribution in [0.3, 0.4) is 0 Å². The predicted molar refractivity (Wildman–Crippen MR) is 76.9 cm³/mol. The molecule has 0 radical (unpaired) electrons. The lowest BCUT2D eigenvalue weighted by Crippen LogP contribution is -2.36. The third-order valence-corrected chi connectivity index (χ3v) is 3.73. The van der Waals surface area contributed by atoms with E-state index in [0.29, 0.717) is 18.7 Å². The van der Waals surface area contributed by atoms with Crippen molar-refractivity contribution in [2.75, 3.05) is 39.3 Å². The van der Waals surface area contributed by atoms with Crippen LogP contribution in [0.2, 0.25) is 0 Å². The zero-order valence-electron chi connectivity index (χ0n) is 11.9. The fourth-order valence-electron chi connectivity index (χ4n) is 2.60. The highest BCUT2D eigenvalue weighted by molar-refractivity contribution is 5.95. The van der Waals surface area contributed by atoms with Gasteiger partial charge < -0.3 is 15.1 Å². The quantitative estimate of drug-likeness (QED) is 0.860. The van der Waals surface area contributed by atoms with Crippen LogP contribution < -0.4 is 0 Å². The number of rotatable bonds is 3. The van der Waals surface area contributed by atoms with Crippen molar-refractivity contribution in [1.29, 1.82) is 0 Å². The van der Waals surface area contributed by atoms with Gasteiger partial charge in [-0.25, -0.2) is 0 Å². The van der Waals surface area contributed by atoms with Gasteiger partial charge in [-0.05, 0) is 43.7 Å². The van der Waals surface area contributed by atoms with E-state index in [2.05, 4.69) is 4.90 Å². The molecule has 0 aliphatic carbocycles. The first-order valence-electron chi connectivity index (χ1n) is 7.04. The van der Waals surface area contributed by atoms with Crippen molar-refractivity contribution >= 4 is 5.91 Å². The maximum atomic E-state index is 12.5. The van der Waals surface area contributed by atoms with Crippen LogP contribution in [0, 0.1) is 6.92 Å². The van der Waals surface area contributed by atoms with Crippen LogP contribution in [0.15, 0.2) is 18.2 Å². The van der Waals surface area contributed by atoms with E-state index in [-0.39, 0.29) is 18.3 Å². The molecule has 1 aromatic rings. The number of benzene rings is 1. The van der Waals surface area contributed by atoms with Crippen LogP contribution in [0.25, 0.3) is 0 Å². The number of aromatic hydroxyl groups is 1. The first kappa shape index (κ1) is 14.8. The second-order valence-electron chi connectivity index (χ2n) is 5.21. The molecule has 2 N–H and O–H groups in total. The maximum absolute atomic E-state index is 12.5. The molecule has 110 valence electrons. The van der Waals surface area contributed by atoms with Crippen molar-refractivity contribution in [1.82, 2.24) is 9.80 Å². The molecule has 1 aromatic carbocycles. The normalized spacial score (nSPS) is 17.0. The Labute approximate surface area is 119 Å². The van der Waals surface area contributed by atoms with Gasteiger partial charge in [-0.3, -0.25) is 9.69 Å². The van der Waals surface area contributed by atoms with Crippen molar-refractivity contribution in [3.63, 3.8) is 0 Å². The van der Waals surface area contributed by atoms with Gasteiger partial charge in [0.2, 0.25) is 0 Å². The van der Waals surface area contributed by atoms with Gasteiger partial charge in [-0.2, -0.15) is 0 Å². The molecule has 1 heterocycles. The molecule has 20 heavy (non-hydrogen) atoms. The highest BCUT2D eigenvalue weighted by Crippen LogP contribution is 2.18.